The van der Waals surface area contributed by atoms with Crippen LogP contribution in [0, 0.1) is 0 Å². The van der Waals surface area contributed by atoms with Gasteiger partial charge in [-0.3, -0.25) is 10.0 Å². The number of fused-ring (bicyclic) bond motifs is 1. The van der Waals surface area contributed by atoms with E-state index in [-0.39, 0.29) is 5.78 Å². The first-order valence-corrected chi connectivity index (χ1v) is 8.14. The summed E-state index contributed by atoms with van der Waals surface area (Å²) in [5, 5.41) is 10.1. The Hall–Kier alpha value is -2.70. The average molecular weight is 342 g/mol. The van der Waals surface area contributed by atoms with E-state index in [2.05, 4.69) is 4.53 Å². The van der Waals surface area contributed by atoms with E-state index in [4.69, 9.17) is 9.39 Å². The van der Waals surface area contributed by atoms with Crippen LogP contribution < -0.4 is 4.18 Å². The van der Waals surface area contributed by atoms with E-state index in [0.717, 1.165) is 16.3 Å². The molecule has 3 aromatic rings. The van der Waals surface area contributed by atoms with Gasteiger partial charge in [-0.15, -0.1) is 0 Å². The molecule has 6 heteroatoms. The van der Waals surface area contributed by atoms with E-state index in [0.29, 0.717) is 5.75 Å². The number of carbonyl (C=O) groups excluding carboxylic acids is 1. The number of nitrogens with zero attached hydrogens (tertiary/aromatic N) is 1. The van der Waals surface area contributed by atoms with Crippen molar-refractivity contribution < 1.29 is 18.4 Å². The lowest BCUT2D eigenvalue weighted by Gasteiger charge is -2.10. The summed E-state index contributed by atoms with van der Waals surface area (Å²) < 4.78 is 18.4. The van der Waals surface area contributed by atoms with Crippen LogP contribution in [0.25, 0.3) is 10.8 Å². The molecular formula is C18H16NO4S-. The summed E-state index contributed by atoms with van der Waals surface area (Å²) in [5.74, 6) is 0.555. The van der Waals surface area contributed by atoms with Crippen molar-refractivity contribution >= 4 is 27.4 Å². The van der Waals surface area contributed by atoms with Gasteiger partial charge in [0.15, 0.2) is 5.78 Å². The Bertz CT molecular complexity index is 898. The van der Waals surface area contributed by atoms with Crippen LogP contribution in [0.3, 0.4) is 0 Å². The molecule has 0 radical (unpaired) electrons. The largest absolute Gasteiger partial charge is 0.544 e. The lowest BCUT2D eigenvalue weighted by atomic mass is 10.1. The van der Waals surface area contributed by atoms with Gasteiger partial charge in [0.05, 0.1) is 0 Å². The summed E-state index contributed by atoms with van der Waals surface area (Å²) in [6, 6.07) is 22.1. The normalized spacial score (nSPS) is 11.4. The zero-order valence-electron chi connectivity index (χ0n) is 13.0. The highest BCUT2D eigenvalue weighted by atomic mass is 32.2. The maximum atomic E-state index is 10.9. The van der Waals surface area contributed by atoms with Crippen molar-refractivity contribution in [1.82, 2.24) is 0 Å². The lowest BCUT2D eigenvalue weighted by molar-refractivity contribution is 0.101. The smallest absolute Gasteiger partial charge is 0.159 e. The van der Waals surface area contributed by atoms with Crippen molar-refractivity contribution in [2.75, 3.05) is 0 Å². The fraction of sp³-hybridized carbons (Fsp3) is 0.0556. The van der Waals surface area contributed by atoms with E-state index in [9.17, 15) is 9.00 Å². The minimum absolute atomic E-state index is 0.121. The van der Waals surface area contributed by atoms with Gasteiger partial charge < -0.3 is 8.39 Å². The van der Waals surface area contributed by atoms with Gasteiger partial charge in [-0.25, -0.2) is 4.53 Å². The first-order chi connectivity index (χ1) is 11.6. The van der Waals surface area contributed by atoms with Crippen LogP contribution >= 0.6 is 0 Å². The molecule has 5 nitrogen and oxygen atoms in total. The molecule has 0 saturated heterocycles. The third-order valence-electron chi connectivity index (χ3n) is 3.16. The Kier molecular flexibility index (Phi) is 6.48. The van der Waals surface area contributed by atoms with Gasteiger partial charge in [0.25, 0.3) is 0 Å². The van der Waals surface area contributed by atoms with Gasteiger partial charge in [0, 0.05) is 21.8 Å². The van der Waals surface area contributed by atoms with Crippen molar-refractivity contribution in [3.8, 4) is 5.75 Å². The van der Waals surface area contributed by atoms with Gasteiger partial charge >= 0.3 is 0 Å². The monoisotopic (exact) mass is 342 g/mol. The number of rotatable bonds is 3. The molecule has 24 heavy (non-hydrogen) atoms. The fourth-order valence-corrected chi connectivity index (χ4v) is 2.37. The minimum Gasteiger partial charge on any atom is -0.544 e. The maximum absolute atomic E-state index is 10.9. The molecule has 3 aromatic carbocycles. The van der Waals surface area contributed by atoms with Crippen molar-refractivity contribution in [3.63, 3.8) is 0 Å². The van der Waals surface area contributed by atoms with Crippen LogP contribution in [0.5, 0.6) is 5.75 Å². The zero-order valence-corrected chi connectivity index (χ0v) is 13.8. The van der Waals surface area contributed by atoms with Gasteiger partial charge in [-0.05, 0) is 18.4 Å². The number of carbonyl (C=O) groups is 1. The van der Waals surface area contributed by atoms with E-state index in [1.807, 2.05) is 60.7 Å². The molecule has 0 aliphatic rings. The molecule has 0 amide bonds. The predicted molar refractivity (Wildman–Crippen MR) is 93.3 cm³/mol. The van der Waals surface area contributed by atoms with Gasteiger partial charge in [0.2, 0.25) is 0 Å². The fourth-order valence-electron chi connectivity index (χ4n) is 2.03. The first kappa shape index (κ1) is 17.7. The first-order valence-electron chi connectivity index (χ1n) is 7.11. The van der Waals surface area contributed by atoms with E-state index < -0.39 is 10.9 Å². The molecule has 0 atom stereocenters. The number of hydrogen-bond donors (Lipinski definition) is 1. The molecule has 0 fully saturated rings. The second kappa shape index (κ2) is 8.81. The number of hydrogen-bond acceptors (Lipinski definition) is 5. The second-order valence-electron chi connectivity index (χ2n) is 4.78. The van der Waals surface area contributed by atoms with E-state index >= 15 is 0 Å². The Morgan fingerprint density at radius 2 is 1.58 bits per heavy atom. The summed E-state index contributed by atoms with van der Waals surface area (Å²) in [5.41, 5.74) is 0.775. The Labute approximate surface area is 141 Å². The summed E-state index contributed by atoms with van der Waals surface area (Å²) in [6.07, 6.45) is 0. The molecule has 3 rings (SSSR count). The predicted octanol–water partition coefficient (Wildman–Crippen LogP) is 4.56. The molecule has 1 N–H and O–H groups in total. The summed E-state index contributed by atoms with van der Waals surface area (Å²) in [6.45, 7) is 1.56. The van der Waals surface area contributed by atoms with Crippen molar-refractivity contribution in [2.24, 2.45) is 4.53 Å². The van der Waals surface area contributed by atoms with Crippen molar-refractivity contribution in [2.45, 2.75) is 6.92 Å². The maximum Gasteiger partial charge on any atom is 0.159 e. The van der Waals surface area contributed by atoms with Gasteiger partial charge in [-0.2, -0.15) is 0 Å². The Morgan fingerprint density at radius 3 is 2.21 bits per heavy atom. The molecule has 0 unspecified atom stereocenters. The van der Waals surface area contributed by atoms with Crippen LogP contribution in [0.2, 0.25) is 0 Å². The molecule has 0 aliphatic carbocycles. The van der Waals surface area contributed by atoms with E-state index in [1.165, 1.54) is 0 Å². The van der Waals surface area contributed by atoms with Crippen LogP contribution in [0.4, 0.5) is 0 Å². The number of ketones is 1. The van der Waals surface area contributed by atoms with Crippen LogP contribution in [0.1, 0.15) is 17.3 Å². The molecule has 0 aliphatic heterocycles. The Balaban J connectivity index is 0.000000198. The Morgan fingerprint density at radius 1 is 0.958 bits per heavy atom. The molecular weight excluding hydrogens is 326 g/mol. The molecule has 0 bridgehead atoms. The molecule has 0 saturated carbocycles. The number of Topliss-reactive ketones (excluding diaryl/α,β-unsaturated/α-hetero) is 1. The highest BCUT2D eigenvalue weighted by Crippen LogP contribution is 2.25. The summed E-state index contributed by atoms with van der Waals surface area (Å²) in [4.78, 5) is 10.6. The van der Waals surface area contributed by atoms with Crippen molar-refractivity contribution in [3.05, 3.63) is 78.4 Å². The highest BCUT2D eigenvalue weighted by Gasteiger charge is 1.97. The quantitative estimate of drug-likeness (QED) is 0.430. The van der Waals surface area contributed by atoms with Crippen LogP contribution in [0.15, 0.2) is 77.3 Å². The van der Waals surface area contributed by atoms with Crippen molar-refractivity contribution in [1.29, 1.82) is 0 Å². The third kappa shape index (κ3) is 4.91. The van der Waals surface area contributed by atoms with Gasteiger partial charge in [-0.1, -0.05) is 66.7 Å². The van der Waals surface area contributed by atoms with Gasteiger partial charge in [0.1, 0.15) is 5.75 Å². The topological polar surface area (TPSA) is 76.0 Å². The molecule has 124 valence electrons. The molecule has 0 heterocycles. The zero-order chi connectivity index (χ0) is 17.4. The summed E-state index contributed by atoms with van der Waals surface area (Å²) in [7, 11) is -2.05. The number of benzene rings is 3. The lowest BCUT2D eigenvalue weighted by Crippen LogP contribution is -1.90. The standard InChI is InChI=1S/C10H8NO3S.C8H8O/c12-11-15(13)14-10-7-3-5-8-4-1-2-6-9(8)10;1-7(9)8-5-3-2-4-6-8/h1-7,12H;2-6H,1H3/q-1;. The second-order valence-corrected chi connectivity index (χ2v) is 5.55. The highest BCUT2D eigenvalue weighted by molar-refractivity contribution is 7.70. The molecule has 0 spiro atoms. The van der Waals surface area contributed by atoms with Crippen LogP contribution in [-0.2, 0) is 15.1 Å². The molecule has 0 aromatic heterocycles. The summed E-state index contributed by atoms with van der Waals surface area (Å²) >= 11 is 0. The van der Waals surface area contributed by atoms with Crippen LogP contribution in [-0.4, -0.2) is 11.0 Å². The third-order valence-corrected chi connectivity index (χ3v) is 3.61. The van der Waals surface area contributed by atoms with E-state index in [1.54, 1.807) is 19.1 Å². The SMILES string of the molecule is CC(=O)c1ccccc1.O=[S-](=NO)Oc1cccc2ccccc12. The average Bonchev–Trinajstić information content (AvgIpc) is 2.63. The minimum atomic E-state index is -2.05.